The maximum absolute atomic E-state index is 11.8. The smallest absolute Gasteiger partial charge is 0.335 e. The lowest BCUT2D eigenvalue weighted by Crippen LogP contribution is -2.48. The highest BCUT2D eigenvalue weighted by Gasteiger charge is 2.22. The molecule has 1 aromatic rings. The van der Waals surface area contributed by atoms with Crippen molar-refractivity contribution in [2.24, 2.45) is 5.73 Å². The van der Waals surface area contributed by atoms with Gasteiger partial charge in [0.05, 0.1) is 6.04 Å². The molecule has 0 aliphatic rings. The Kier molecular flexibility index (Phi) is 5.86. The Bertz CT molecular complexity index is 527. The van der Waals surface area contributed by atoms with E-state index in [1.54, 1.807) is 12.1 Å². The molecule has 0 saturated heterocycles. The molecule has 0 fully saturated rings. The number of hydrogen-bond acceptors (Lipinski definition) is 6. The number of aromatic hydroxyl groups is 1. The van der Waals surface area contributed by atoms with Crippen molar-refractivity contribution in [1.82, 2.24) is 5.32 Å². The number of phenols is 1. The van der Waals surface area contributed by atoms with Crippen molar-refractivity contribution in [3.05, 3.63) is 29.8 Å². The molecule has 0 bridgehead atoms. The van der Waals surface area contributed by atoms with Gasteiger partial charge in [0.2, 0.25) is 5.91 Å². The van der Waals surface area contributed by atoms with Crippen LogP contribution in [0.5, 0.6) is 5.75 Å². The topological polar surface area (TPSA) is 119 Å². The van der Waals surface area contributed by atoms with Crippen LogP contribution in [-0.4, -0.2) is 35.0 Å². The van der Waals surface area contributed by atoms with Crippen LogP contribution in [0.25, 0.3) is 0 Å². The van der Waals surface area contributed by atoms with Crippen molar-refractivity contribution < 1.29 is 24.2 Å². The van der Waals surface area contributed by atoms with E-state index < -0.39 is 29.9 Å². The second-order valence-corrected chi connectivity index (χ2v) is 4.62. The van der Waals surface area contributed by atoms with Crippen molar-refractivity contribution in [3.8, 4) is 5.75 Å². The van der Waals surface area contributed by atoms with Crippen LogP contribution in [-0.2, 0) is 25.5 Å². The Balaban J connectivity index is 2.52. The molecule has 21 heavy (non-hydrogen) atoms. The second-order valence-electron chi connectivity index (χ2n) is 4.62. The Morgan fingerprint density at radius 1 is 1.29 bits per heavy atom. The van der Waals surface area contributed by atoms with Gasteiger partial charge in [-0.15, -0.1) is 0 Å². The van der Waals surface area contributed by atoms with E-state index in [0.29, 0.717) is 0 Å². The van der Waals surface area contributed by atoms with Crippen LogP contribution < -0.4 is 11.1 Å². The van der Waals surface area contributed by atoms with Crippen molar-refractivity contribution in [3.63, 3.8) is 0 Å². The number of hydrogen-bond donors (Lipinski definition) is 3. The van der Waals surface area contributed by atoms with Crippen molar-refractivity contribution in [1.29, 1.82) is 0 Å². The average molecular weight is 294 g/mol. The lowest BCUT2D eigenvalue weighted by molar-refractivity contribution is -0.160. The highest BCUT2D eigenvalue weighted by molar-refractivity contribution is 5.91. The van der Waals surface area contributed by atoms with E-state index >= 15 is 0 Å². The van der Waals surface area contributed by atoms with Crippen molar-refractivity contribution in [2.75, 3.05) is 0 Å². The molecule has 0 radical (unpaired) electrons. The summed E-state index contributed by atoms with van der Waals surface area (Å²) in [6, 6.07) is 4.46. The SMILES string of the molecule is CC(=O)OC(=O)[C@@H](C)NC(=O)[C@@H](N)Cc1ccc(O)cc1. The molecular formula is C14H18N2O5. The Morgan fingerprint density at radius 2 is 1.86 bits per heavy atom. The Hall–Kier alpha value is -2.41. The summed E-state index contributed by atoms with van der Waals surface area (Å²) in [6.07, 6.45) is 0.251. The van der Waals surface area contributed by atoms with Gasteiger partial charge in [-0.3, -0.25) is 9.59 Å². The van der Waals surface area contributed by atoms with E-state index in [2.05, 4.69) is 10.1 Å². The number of esters is 2. The highest BCUT2D eigenvalue weighted by atomic mass is 16.6. The van der Waals surface area contributed by atoms with Gasteiger partial charge < -0.3 is 20.9 Å². The van der Waals surface area contributed by atoms with E-state index in [4.69, 9.17) is 10.8 Å². The molecular weight excluding hydrogens is 276 g/mol. The van der Waals surface area contributed by atoms with Crippen LogP contribution >= 0.6 is 0 Å². The highest BCUT2D eigenvalue weighted by Crippen LogP contribution is 2.10. The first-order chi connectivity index (χ1) is 9.79. The van der Waals surface area contributed by atoms with Crippen LogP contribution in [0.1, 0.15) is 19.4 Å². The number of benzene rings is 1. The molecule has 1 rings (SSSR count). The average Bonchev–Trinajstić information content (AvgIpc) is 2.40. The van der Waals surface area contributed by atoms with Gasteiger partial charge in [-0.2, -0.15) is 0 Å². The molecule has 0 unspecified atom stereocenters. The normalized spacial score (nSPS) is 13.1. The third kappa shape index (κ3) is 5.62. The fourth-order valence-electron chi connectivity index (χ4n) is 1.59. The molecule has 2 atom stereocenters. The predicted octanol–water partition coefficient (Wildman–Crippen LogP) is -0.144. The molecule has 0 aliphatic heterocycles. The van der Waals surface area contributed by atoms with E-state index in [9.17, 15) is 14.4 Å². The number of ether oxygens (including phenoxy) is 1. The van der Waals surface area contributed by atoms with Crippen LogP contribution in [0, 0.1) is 0 Å². The van der Waals surface area contributed by atoms with Crippen LogP contribution in [0.3, 0.4) is 0 Å². The second kappa shape index (κ2) is 7.39. The third-order valence-electron chi connectivity index (χ3n) is 2.69. The lowest BCUT2D eigenvalue weighted by atomic mass is 10.1. The van der Waals surface area contributed by atoms with Gasteiger partial charge in [0.15, 0.2) is 0 Å². The molecule has 0 saturated carbocycles. The Morgan fingerprint density at radius 3 is 2.38 bits per heavy atom. The molecule has 4 N–H and O–H groups in total. The molecule has 0 aromatic heterocycles. The molecule has 0 aliphatic carbocycles. The zero-order valence-electron chi connectivity index (χ0n) is 11.8. The van der Waals surface area contributed by atoms with Gasteiger partial charge in [0.25, 0.3) is 0 Å². The molecule has 7 heteroatoms. The summed E-state index contributed by atoms with van der Waals surface area (Å²) in [5, 5.41) is 11.5. The first kappa shape index (κ1) is 16.6. The number of carbonyl (C=O) groups is 3. The maximum atomic E-state index is 11.8. The maximum Gasteiger partial charge on any atom is 0.335 e. The minimum atomic E-state index is -0.965. The quantitative estimate of drug-likeness (QED) is 0.513. The number of phenolic OH excluding ortho intramolecular Hbond substituents is 1. The summed E-state index contributed by atoms with van der Waals surface area (Å²) in [5.74, 6) is -1.99. The number of carbonyl (C=O) groups excluding carboxylic acids is 3. The number of rotatable bonds is 5. The molecule has 1 aromatic carbocycles. The zero-order valence-corrected chi connectivity index (χ0v) is 11.8. The van der Waals surface area contributed by atoms with Gasteiger partial charge >= 0.3 is 11.9 Å². The van der Waals surface area contributed by atoms with Gasteiger partial charge in [-0.1, -0.05) is 12.1 Å². The molecule has 1 amide bonds. The summed E-state index contributed by atoms with van der Waals surface area (Å²) < 4.78 is 4.36. The summed E-state index contributed by atoms with van der Waals surface area (Å²) in [4.78, 5) is 33.9. The minimum absolute atomic E-state index is 0.123. The van der Waals surface area contributed by atoms with Crippen LogP contribution in [0.4, 0.5) is 0 Å². The largest absolute Gasteiger partial charge is 0.508 e. The summed E-state index contributed by atoms with van der Waals surface area (Å²) in [5.41, 5.74) is 6.52. The number of nitrogens with one attached hydrogen (secondary N) is 1. The molecule has 0 heterocycles. The Labute approximate surface area is 122 Å². The van der Waals surface area contributed by atoms with Gasteiger partial charge in [0.1, 0.15) is 11.8 Å². The number of amides is 1. The molecule has 0 spiro atoms. The van der Waals surface area contributed by atoms with E-state index in [-0.39, 0.29) is 12.2 Å². The zero-order chi connectivity index (χ0) is 16.0. The van der Waals surface area contributed by atoms with E-state index in [1.807, 2.05) is 0 Å². The lowest BCUT2D eigenvalue weighted by Gasteiger charge is -2.16. The standard InChI is InChI=1S/C14H18N2O5/c1-8(14(20)21-9(2)17)16-13(19)12(15)7-10-3-5-11(18)6-4-10/h3-6,8,12,18H,7,15H2,1-2H3,(H,16,19)/t8-,12+/m1/s1. The van der Waals surface area contributed by atoms with Crippen molar-refractivity contribution in [2.45, 2.75) is 32.4 Å². The van der Waals surface area contributed by atoms with Crippen LogP contribution in [0.2, 0.25) is 0 Å². The van der Waals surface area contributed by atoms with Gasteiger partial charge in [-0.25, -0.2) is 4.79 Å². The minimum Gasteiger partial charge on any atom is -0.508 e. The van der Waals surface area contributed by atoms with Crippen molar-refractivity contribution >= 4 is 17.8 Å². The number of nitrogens with two attached hydrogens (primary N) is 1. The van der Waals surface area contributed by atoms with E-state index in [0.717, 1.165) is 12.5 Å². The van der Waals surface area contributed by atoms with Gasteiger partial charge in [-0.05, 0) is 31.0 Å². The van der Waals surface area contributed by atoms with Crippen LogP contribution in [0.15, 0.2) is 24.3 Å². The monoisotopic (exact) mass is 294 g/mol. The fourth-order valence-corrected chi connectivity index (χ4v) is 1.59. The van der Waals surface area contributed by atoms with Gasteiger partial charge in [0, 0.05) is 6.92 Å². The summed E-state index contributed by atoms with van der Waals surface area (Å²) in [6.45, 7) is 2.50. The molecule has 114 valence electrons. The first-order valence-corrected chi connectivity index (χ1v) is 6.35. The van der Waals surface area contributed by atoms with E-state index in [1.165, 1.54) is 19.1 Å². The summed E-state index contributed by atoms with van der Waals surface area (Å²) in [7, 11) is 0. The summed E-state index contributed by atoms with van der Waals surface area (Å²) >= 11 is 0. The fraction of sp³-hybridized carbons (Fsp3) is 0.357. The predicted molar refractivity (Wildman–Crippen MR) is 74.2 cm³/mol. The molecule has 7 nitrogen and oxygen atoms in total. The third-order valence-corrected chi connectivity index (χ3v) is 2.69. The first-order valence-electron chi connectivity index (χ1n) is 6.35.